The molecule has 4 nitrogen and oxygen atoms in total. The second kappa shape index (κ2) is 11.7. The van der Waals surface area contributed by atoms with E-state index < -0.39 is 42.5 Å². The molecule has 0 saturated carbocycles. The van der Waals surface area contributed by atoms with Gasteiger partial charge >= 0.3 is 6.18 Å². The Kier molecular flexibility index (Phi) is 8.78. The zero-order valence-corrected chi connectivity index (χ0v) is 24.7. The number of ketones is 1. The quantitative estimate of drug-likeness (QED) is 0.181. The highest BCUT2D eigenvalue weighted by Crippen LogP contribution is 2.39. The van der Waals surface area contributed by atoms with E-state index >= 15 is 8.78 Å². The second-order valence-corrected chi connectivity index (χ2v) is 15.8. The van der Waals surface area contributed by atoms with Gasteiger partial charge in [-0.1, -0.05) is 81.4 Å². The monoisotopic (exact) mass is 591 g/mol. The lowest BCUT2D eigenvalue weighted by molar-refractivity contribution is -0.0887. The van der Waals surface area contributed by atoms with E-state index in [1.807, 2.05) is 81.4 Å². The number of halogens is 5. The van der Waals surface area contributed by atoms with Crippen LogP contribution in [0.15, 0.2) is 66.7 Å². The van der Waals surface area contributed by atoms with Crippen molar-refractivity contribution < 1.29 is 35.9 Å². The van der Waals surface area contributed by atoms with Crippen LogP contribution in [0.5, 0.6) is 0 Å². The first-order chi connectivity index (χ1) is 19.2. The van der Waals surface area contributed by atoms with Gasteiger partial charge in [0.05, 0.1) is 30.1 Å². The fourth-order valence-corrected chi connectivity index (χ4v) is 10.3. The maximum Gasteiger partial charge on any atom is 0.454 e. The van der Waals surface area contributed by atoms with E-state index in [0.29, 0.717) is 0 Å². The molecule has 3 aromatic rings. The molecule has 0 amide bonds. The van der Waals surface area contributed by atoms with Gasteiger partial charge in [-0.05, 0) is 35.3 Å². The fourth-order valence-electron chi connectivity index (χ4n) is 5.75. The molecule has 0 aromatic heterocycles. The SMILES string of the molecule is CC1CN(c2c(CO[Si](c3ccccc3)(c3ccccc3)C(C)(C)C)cc(C(=O)C(F)(F)F)c(F)c2F)CC(C)O1. The maximum atomic E-state index is 15.8. The number of carbonyl (C=O) groups is 1. The lowest BCUT2D eigenvalue weighted by Crippen LogP contribution is -2.66. The average molecular weight is 592 g/mol. The third-order valence-corrected chi connectivity index (χ3v) is 12.3. The van der Waals surface area contributed by atoms with Crippen LogP contribution < -0.4 is 15.3 Å². The first-order valence-corrected chi connectivity index (χ1v) is 15.4. The third kappa shape index (κ3) is 6.10. The molecule has 3 aromatic carbocycles. The van der Waals surface area contributed by atoms with E-state index in [1.165, 1.54) is 0 Å². The lowest BCUT2D eigenvalue weighted by atomic mass is 10.0. The highest BCUT2D eigenvalue weighted by molar-refractivity contribution is 6.99. The summed E-state index contributed by atoms with van der Waals surface area (Å²) in [6.07, 6.45) is -6.07. The van der Waals surface area contributed by atoms with E-state index in [2.05, 4.69) is 0 Å². The van der Waals surface area contributed by atoms with Gasteiger partial charge < -0.3 is 14.1 Å². The van der Waals surface area contributed by atoms with Crippen molar-refractivity contribution in [3.8, 4) is 0 Å². The number of morpholine rings is 1. The van der Waals surface area contributed by atoms with E-state index in [-0.39, 0.29) is 43.2 Å². The van der Waals surface area contributed by atoms with Gasteiger partial charge in [0.25, 0.3) is 14.1 Å². The molecule has 10 heteroatoms. The Morgan fingerprint density at radius 1 is 0.902 bits per heavy atom. The Balaban J connectivity index is 1.92. The van der Waals surface area contributed by atoms with Crippen LogP contribution in [-0.4, -0.2) is 45.6 Å². The van der Waals surface area contributed by atoms with Gasteiger partial charge in [-0.25, -0.2) is 8.78 Å². The van der Waals surface area contributed by atoms with Crippen molar-refractivity contribution in [1.29, 1.82) is 0 Å². The molecule has 1 aliphatic heterocycles. The zero-order chi connectivity index (χ0) is 30.2. The molecule has 41 heavy (non-hydrogen) atoms. The van der Waals surface area contributed by atoms with Crippen molar-refractivity contribution >= 4 is 30.2 Å². The summed E-state index contributed by atoms with van der Waals surface area (Å²) in [5, 5.41) is 1.33. The van der Waals surface area contributed by atoms with Gasteiger partial charge in [0.1, 0.15) is 0 Å². The number of alkyl halides is 3. The van der Waals surface area contributed by atoms with Crippen LogP contribution in [0.3, 0.4) is 0 Å². The van der Waals surface area contributed by atoms with Crippen LogP contribution in [0, 0.1) is 11.6 Å². The standard InChI is InChI=1S/C31H34F5NO3Si/c1-20-17-37(18-21(2)40-20)28-22(16-25(26(32)27(28)33)29(38)31(34,35)36)19-39-41(30(3,4)5,23-12-8-6-9-13-23)24-14-10-7-11-15-24/h6-16,20-21H,17-19H2,1-5H3. The minimum atomic E-state index is -5.38. The number of carbonyl (C=O) groups excluding carboxylic acids is 1. The van der Waals surface area contributed by atoms with Crippen molar-refractivity contribution in [3.63, 3.8) is 0 Å². The Labute approximate surface area is 238 Å². The molecule has 1 heterocycles. The van der Waals surface area contributed by atoms with Crippen LogP contribution in [0.25, 0.3) is 0 Å². The van der Waals surface area contributed by atoms with Crippen LogP contribution in [0.4, 0.5) is 27.6 Å². The molecule has 1 saturated heterocycles. The number of hydrogen-bond donors (Lipinski definition) is 0. The van der Waals surface area contributed by atoms with Crippen molar-refractivity contribution in [2.45, 2.75) is 64.6 Å². The zero-order valence-electron chi connectivity index (χ0n) is 23.7. The summed E-state index contributed by atoms with van der Waals surface area (Å²) in [7, 11) is -3.21. The van der Waals surface area contributed by atoms with Crippen LogP contribution in [-0.2, 0) is 15.8 Å². The van der Waals surface area contributed by atoms with Crippen LogP contribution in [0.1, 0.15) is 50.5 Å². The molecule has 0 bridgehead atoms. The number of hydrogen-bond acceptors (Lipinski definition) is 4. The number of rotatable bonds is 7. The molecule has 0 aliphatic carbocycles. The van der Waals surface area contributed by atoms with Gasteiger partial charge in [-0.15, -0.1) is 0 Å². The summed E-state index contributed by atoms with van der Waals surface area (Å²) in [6, 6.07) is 19.9. The molecule has 2 unspecified atom stereocenters. The Morgan fingerprint density at radius 3 is 1.83 bits per heavy atom. The largest absolute Gasteiger partial charge is 0.454 e. The smallest absolute Gasteiger partial charge is 0.403 e. The van der Waals surface area contributed by atoms with Crippen molar-refractivity contribution in [1.82, 2.24) is 0 Å². The normalized spacial score (nSPS) is 18.4. The summed E-state index contributed by atoms with van der Waals surface area (Å²) in [4.78, 5) is 13.7. The predicted octanol–water partition coefficient (Wildman–Crippen LogP) is 6.40. The molecular weight excluding hydrogens is 557 g/mol. The molecule has 0 N–H and O–H groups in total. The lowest BCUT2D eigenvalue weighted by Gasteiger charge is -2.43. The number of nitrogens with zero attached hydrogens (tertiary/aromatic N) is 1. The van der Waals surface area contributed by atoms with E-state index in [9.17, 15) is 18.0 Å². The molecule has 2 atom stereocenters. The predicted molar refractivity (Wildman–Crippen MR) is 151 cm³/mol. The Bertz CT molecular complexity index is 1330. The first kappa shape index (κ1) is 30.9. The molecule has 0 radical (unpaired) electrons. The average Bonchev–Trinajstić information content (AvgIpc) is 2.90. The molecule has 1 aliphatic rings. The summed E-state index contributed by atoms with van der Waals surface area (Å²) in [5.74, 6) is -5.79. The molecule has 1 fully saturated rings. The third-order valence-electron chi connectivity index (χ3n) is 7.36. The Morgan fingerprint density at radius 2 is 1.39 bits per heavy atom. The van der Waals surface area contributed by atoms with Crippen molar-refractivity contribution in [2.24, 2.45) is 0 Å². The minimum Gasteiger partial charge on any atom is -0.403 e. The number of Topliss-reactive ketones (excluding diaryl/α,β-unsaturated/α-hetero) is 1. The molecule has 0 spiro atoms. The number of ether oxygens (including phenoxy) is 1. The summed E-state index contributed by atoms with van der Waals surface area (Å²) >= 11 is 0. The van der Waals surface area contributed by atoms with Crippen LogP contribution >= 0.6 is 0 Å². The van der Waals surface area contributed by atoms with Gasteiger partial charge in [0.15, 0.2) is 11.6 Å². The van der Waals surface area contributed by atoms with Crippen molar-refractivity contribution in [2.75, 3.05) is 18.0 Å². The van der Waals surface area contributed by atoms with E-state index in [4.69, 9.17) is 9.16 Å². The number of anilines is 1. The molecule has 4 rings (SSSR count). The van der Waals surface area contributed by atoms with E-state index in [0.717, 1.165) is 16.4 Å². The topological polar surface area (TPSA) is 38.8 Å². The van der Waals surface area contributed by atoms with Crippen LogP contribution in [0.2, 0.25) is 5.04 Å². The molecule has 220 valence electrons. The fraction of sp³-hybridized carbons (Fsp3) is 0.387. The van der Waals surface area contributed by atoms with Gasteiger partial charge in [0.2, 0.25) is 0 Å². The van der Waals surface area contributed by atoms with Gasteiger partial charge in [-0.3, -0.25) is 4.79 Å². The highest BCUT2D eigenvalue weighted by atomic mass is 28.4. The molecular formula is C31H34F5NO3Si. The Hall–Kier alpha value is -3.08. The van der Waals surface area contributed by atoms with Crippen molar-refractivity contribution in [3.05, 3.63) is 89.5 Å². The summed E-state index contributed by atoms with van der Waals surface area (Å²) < 4.78 is 83.8. The highest BCUT2D eigenvalue weighted by Gasteiger charge is 2.50. The van der Waals surface area contributed by atoms with E-state index in [1.54, 1.807) is 18.7 Å². The summed E-state index contributed by atoms with van der Waals surface area (Å²) in [5.41, 5.74) is -1.62. The minimum absolute atomic E-state index is 0.0363. The summed E-state index contributed by atoms with van der Waals surface area (Å²) in [6.45, 7) is 9.63. The second-order valence-electron chi connectivity index (χ2n) is 11.5. The van der Waals surface area contributed by atoms with Gasteiger partial charge in [0, 0.05) is 18.7 Å². The van der Waals surface area contributed by atoms with Gasteiger partial charge in [-0.2, -0.15) is 13.2 Å². The first-order valence-electron chi connectivity index (χ1n) is 13.4. The maximum absolute atomic E-state index is 15.8. The number of benzene rings is 3.